The molecule has 1 aromatic rings. The van der Waals surface area contributed by atoms with Gasteiger partial charge in [-0.05, 0) is 12.5 Å². The summed E-state index contributed by atoms with van der Waals surface area (Å²) in [6.07, 6.45) is 1.08. The lowest BCUT2D eigenvalue weighted by Crippen LogP contribution is -2.16. The van der Waals surface area contributed by atoms with Crippen molar-refractivity contribution >= 4 is 17.4 Å². The molecule has 0 aliphatic carbocycles. The summed E-state index contributed by atoms with van der Waals surface area (Å²) in [6, 6.07) is 4.15. The summed E-state index contributed by atoms with van der Waals surface area (Å²) in [5, 5.41) is 19.6. The highest BCUT2D eigenvalue weighted by Gasteiger charge is 2.24. The molecule has 0 aromatic heterocycles. The molecule has 0 bridgehead atoms. The van der Waals surface area contributed by atoms with E-state index in [-0.39, 0.29) is 17.0 Å². The number of carboxylic acid groups (broad SMARTS) is 1. The first-order valence-corrected chi connectivity index (χ1v) is 6.12. The summed E-state index contributed by atoms with van der Waals surface area (Å²) in [5.41, 5.74) is -0.311. The van der Waals surface area contributed by atoms with Crippen molar-refractivity contribution in [1.82, 2.24) is 0 Å². The van der Waals surface area contributed by atoms with Crippen LogP contribution in [-0.4, -0.2) is 28.4 Å². The Morgan fingerprint density at radius 1 is 1.40 bits per heavy atom. The minimum Gasteiger partial charge on any atom is -0.493 e. The fourth-order valence-corrected chi connectivity index (χ4v) is 1.60. The second-order valence-corrected chi connectivity index (χ2v) is 4.12. The van der Waals surface area contributed by atoms with Crippen molar-refractivity contribution in [1.29, 1.82) is 0 Å². The van der Waals surface area contributed by atoms with Crippen LogP contribution in [0.5, 0.6) is 5.75 Å². The van der Waals surface area contributed by atoms with Crippen LogP contribution < -0.4 is 4.74 Å². The number of ether oxygens (including phenoxy) is 1. The predicted octanol–water partition coefficient (Wildman–Crippen LogP) is 1.97. The maximum atomic E-state index is 11.3. The summed E-state index contributed by atoms with van der Waals surface area (Å²) >= 11 is 0. The maximum absolute atomic E-state index is 11.3. The second-order valence-electron chi connectivity index (χ2n) is 4.12. The number of nitro benzene ring substituents is 1. The molecule has 0 aliphatic rings. The Morgan fingerprint density at radius 3 is 2.65 bits per heavy atom. The van der Waals surface area contributed by atoms with Crippen LogP contribution >= 0.6 is 0 Å². The molecule has 0 unspecified atom stereocenters. The van der Waals surface area contributed by atoms with Crippen molar-refractivity contribution < 1.29 is 24.4 Å². The van der Waals surface area contributed by atoms with E-state index in [0.717, 1.165) is 12.8 Å². The van der Waals surface area contributed by atoms with Gasteiger partial charge in [-0.2, -0.15) is 0 Å². The molecule has 0 saturated heterocycles. The zero-order valence-electron chi connectivity index (χ0n) is 11.0. The molecule has 108 valence electrons. The lowest BCUT2D eigenvalue weighted by atomic mass is 10.1. The molecule has 20 heavy (non-hydrogen) atoms. The van der Waals surface area contributed by atoms with Crippen molar-refractivity contribution in [3.63, 3.8) is 0 Å². The van der Waals surface area contributed by atoms with Crippen LogP contribution in [0.25, 0.3) is 0 Å². The van der Waals surface area contributed by atoms with E-state index >= 15 is 0 Å². The third-order valence-corrected chi connectivity index (χ3v) is 2.64. The Labute approximate surface area is 115 Å². The van der Waals surface area contributed by atoms with Gasteiger partial charge in [0.2, 0.25) is 5.78 Å². The van der Waals surface area contributed by atoms with E-state index in [1.54, 1.807) is 0 Å². The molecule has 0 atom stereocenters. The minimum atomic E-state index is -1.62. The third kappa shape index (κ3) is 4.04. The molecular formula is C13H15NO6. The van der Waals surface area contributed by atoms with Crippen LogP contribution in [0.2, 0.25) is 0 Å². The number of nitrogens with zero attached hydrogens (tertiary/aromatic N) is 1. The van der Waals surface area contributed by atoms with Gasteiger partial charge < -0.3 is 9.84 Å². The van der Waals surface area contributed by atoms with Crippen LogP contribution in [0.1, 0.15) is 25.3 Å². The molecule has 0 amide bonds. The first kappa shape index (κ1) is 15.6. The Bertz CT molecular complexity index is 526. The summed E-state index contributed by atoms with van der Waals surface area (Å²) in [6.45, 7) is 2.32. The number of carbonyl (C=O) groups is 2. The van der Waals surface area contributed by atoms with Crippen molar-refractivity contribution in [2.45, 2.75) is 26.2 Å². The van der Waals surface area contributed by atoms with E-state index in [0.29, 0.717) is 6.61 Å². The van der Waals surface area contributed by atoms with Crippen LogP contribution in [0.4, 0.5) is 5.69 Å². The molecular weight excluding hydrogens is 266 g/mol. The summed E-state index contributed by atoms with van der Waals surface area (Å²) in [7, 11) is 0. The number of hydrogen-bond donors (Lipinski definition) is 1. The van der Waals surface area contributed by atoms with Gasteiger partial charge in [0.05, 0.1) is 23.5 Å². The number of unbranched alkanes of at least 4 members (excludes halogenated alkanes) is 1. The van der Waals surface area contributed by atoms with Crippen LogP contribution in [-0.2, 0) is 16.0 Å². The smallest absolute Gasteiger partial charge is 0.372 e. The van der Waals surface area contributed by atoms with Gasteiger partial charge in [0.1, 0.15) is 5.75 Å². The lowest BCUT2D eigenvalue weighted by Gasteiger charge is -2.10. The molecule has 0 spiro atoms. The average Bonchev–Trinajstić information content (AvgIpc) is 2.40. The summed E-state index contributed by atoms with van der Waals surface area (Å²) in [4.78, 5) is 32.2. The largest absolute Gasteiger partial charge is 0.493 e. The van der Waals surface area contributed by atoms with E-state index < -0.39 is 23.1 Å². The van der Waals surface area contributed by atoms with Crippen LogP contribution in [0, 0.1) is 10.1 Å². The van der Waals surface area contributed by atoms with Gasteiger partial charge in [-0.1, -0.05) is 19.4 Å². The molecule has 7 nitrogen and oxygen atoms in total. The quantitative estimate of drug-likeness (QED) is 0.338. The van der Waals surface area contributed by atoms with E-state index in [2.05, 4.69) is 0 Å². The third-order valence-electron chi connectivity index (χ3n) is 2.64. The molecule has 0 saturated carbocycles. The van der Waals surface area contributed by atoms with Gasteiger partial charge >= 0.3 is 5.97 Å². The topological polar surface area (TPSA) is 107 Å². The maximum Gasteiger partial charge on any atom is 0.372 e. The van der Waals surface area contributed by atoms with Crippen molar-refractivity contribution in [3.05, 3.63) is 33.9 Å². The molecule has 1 rings (SSSR count). The van der Waals surface area contributed by atoms with Crippen molar-refractivity contribution in [3.8, 4) is 5.75 Å². The van der Waals surface area contributed by atoms with Crippen molar-refractivity contribution in [2.24, 2.45) is 0 Å². The summed E-state index contributed by atoms with van der Waals surface area (Å²) in [5.74, 6) is -2.55. The lowest BCUT2D eigenvalue weighted by molar-refractivity contribution is -0.385. The zero-order chi connectivity index (χ0) is 15.1. The number of benzene rings is 1. The molecule has 0 radical (unpaired) electrons. The van der Waals surface area contributed by atoms with Gasteiger partial charge in [-0.25, -0.2) is 4.79 Å². The number of nitro groups is 1. The number of Topliss-reactive ketones (excluding diaryl/α,β-unsaturated/α-hetero) is 1. The van der Waals surface area contributed by atoms with Gasteiger partial charge in [0.15, 0.2) is 0 Å². The standard InChI is InChI=1S/C13H15NO6/c1-2-3-7-20-12-6-4-5-10(14(18)19)9(12)8-11(15)13(16)17/h4-6H,2-3,7-8H2,1H3,(H,16,17). The number of carboxylic acids is 1. The van der Waals surface area contributed by atoms with Crippen molar-refractivity contribution in [2.75, 3.05) is 6.61 Å². The van der Waals surface area contributed by atoms with Gasteiger partial charge in [-0.15, -0.1) is 0 Å². The fourth-order valence-electron chi connectivity index (χ4n) is 1.60. The van der Waals surface area contributed by atoms with E-state index in [1.165, 1.54) is 18.2 Å². The van der Waals surface area contributed by atoms with Gasteiger partial charge in [0.25, 0.3) is 5.69 Å². The predicted molar refractivity (Wildman–Crippen MR) is 69.8 cm³/mol. The van der Waals surface area contributed by atoms with Crippen LogP contribution in [0.15, 0.2) is 18.2 Å². The highest BCUT2D eigenvalue weighted by molar-refractivity contribution is 6.33. The van der Waals surface area contributed by atoms with E-state index in [9.17, 15) is 19.7 Å². The number of ketones is 1. The zero-order valence-corrected chi connectivity index (χ0v) is 11.0. The molecule has 7 heteroatoms. The number of aliphatic carboxylic acids is 1. The highest BCUT2D eigenvalue weighted by Crippen LogP contribution is 2.29. The monoisotopic (exact) mass is 281 g/mol. The Morgan fingerprint density at radius 2 is 2.10 bits per heavy atom. The number of hydrogen-bond acceptors (Lipinski definition) is 5. The fraction of sp³-hybridized carbons (Fsp3) is 0.385. The van der Waals surface area contributed by atoms with Gasteiger partial charge in [0, 0.05) is 6.07 Å². The Hall–Kier alpha value is -2.44. The normalized spacial score (nSPS) is 10.1. The molecule has 1 aromatic carbocycles. The number of rotatable bonds is 8. The minimum absolute atomic E-state index is 0.000929. The number of carbonyl (C=O) groups excluding carboxylic acids is 1. The molecule has 0 aliphatic heterocycles. The summed E-state index contributed by atoms with van der Waals surface area (Å²) < 4.78 is 5.40. The Kier molecular flexibility index (Phi) is 5.64. The van der Waals surface area contributed by atoms with E-state index in [4.69, 9.17) is 9.84 Å². The average molecular weight is 281 g/mol. The first-order chi connectivity index (χ1) is 9.47. The molecule has 0 heterocycles. The van der Waals surface area contributed by atoms with Gasteiger partial charge in [-0.3, -0.25) is 14.9 Å². The SMILES string of the molecule is CCCCOc1cccc([N+](=O)[O-])c1CC(=O)C(=O)O. The second kappa shape index (κ2) is 7.22. The van der Waals surface area contributed by atoms with E-state index in [1.807, 2.05) is 6.92 Å². The molecule has 1 N–H and O–H groups in total. The van der Waals surface area contributed by atoms with Crippen LogP contribution in [0.3, 0.4) is 0 Å². The Balaban J connectivity index is 3.09. The highest BCUT2D eigenvalue weighted by atomic mass is 16.6. The molecule has 0 fully saturated rings. The first-order valence-electron chi connectivity index (χ1n) is 6.12.